The zero-order chi connectivity index (χ0) is 19.8. The van der Waals surface area contributed by atoms with Gasteiger partial charge < -0.3 is 10.0 Å². The average Bonchev–Trinajstić information content (AvgIpc) is 3.06. The fourth-order valence-corrected chi connectivity index (χ4v) is 3.59. The lowest BCUT2D eigenvalue weighted by Crippen LogP contribution is -2.30. The lowest BCUT2D eigenvalue weighted by atomic mass is 9.86. The lowest BCUT2D eigenvalue weighted by Gasteiger charge is -2.20. The van der Waals surface area contributed by atoms with Gasteiger partial charge in [0.05, 0.1) is 5.92 Å². The van der Waals surface area contributed by atoms with E-state index in [4.69, 9.17) is 0 Å². The predicted molar refractivity (Wildman–Crippen MR) is 101 cm³/mol. The van der Waals surface area contributed by atoms with Crippen molar-refractivity contribution in [1.82, 2.24) is 4.90 Å². The Hall–Kier alpha value is -2.69. The third-order valence-corrected chi connectivity index (χ3v) is 5.20. The first kappa shape index (κ1) is 19.1. The molecule has 1 N–H and O–H groups in total. The minimum atomic E-state index is -0.970. The standard InChI is InChI=1S/C22H24FNO3/c1-22(2,3)16-9-7-14(8-10-16)20(25)24-12-18(19(13-24)21(26)27)15-5-4-6-17(23)11-15/h4-11,18-19H,12-13H2,1-3H3,(H,26,27)/t18-,19+/m0/s1. The van der Waals surface area contributed by atoms with Gasteiger partial charge in [0.2, 0.25) is 0 Å². The van der Waals surface area contributed by atoms with Gasteiger partial charge in [0.15, 0.2) is 0 Å². The molecular formula is C22H24FNO3. The van der Waals surface area contributed by atoms with Gasteiger partial charge in [-0.15, -0.1) is 0 Å². The first-order chi connectivity index (χ1) is 12.7. The number of aliphatic carboxylic acids is 1. The van der Waals surface area contributed by atoms with Crippen LogP contribution in [-0.2, 0) is 10.2 Å². The molecule has 0 saturated carbocycles. The summed E-state index contributed by atoms with van der Waals surface area (Å²) in [6, 6.07) is 13.4. The summed E-state index contributed by atoms with van der Waals surface area (Å²) in [5, 5.41) is 9.58. The number of hydrogen-bond donors (Lipinski definition) is 1. The highest BCUT2D eigenvalue weighted by atomic mass is 19.1. The molecule has 1 aliphatic rings. The Kier molecular flexibility index (Phi) is 5.05. The second-order valence-electron chi connectivity index (χ2n) is 8.14. The van der Waals surface area contributed by atoms with Gasteiger partial charge in [-0.1, -0.05) is 45.0 Å². The van der Waals surface area contributed by atoms with Gasteiger partial charge in [0, 0.05) is 24.6 Å². The molecule has 0 aromatic heterocycles. The summed E-state index contributed by atoms with van der Waals surface area (Å²) >= 11 is 0. The second-order valence-corrected chi connectivity index (χ2v) is 8.14. The van der Waals surface area contributed by atoms with Crippen LogP contribution in [0.4, 0.5) is 4.39 Å². The molecule has 0 bridgehead atoms. The number of carboxylic acids is 1. The molecule has 1 heterocycles. The van der Waals surface area contributed by atoms with Crippen LogP contribution in [0.15, 0.2) is 48.5 Å². The van der Waals surface area contributed by atoms with E-state index in [9.17, 15) is 19.1 Å². The van der Waals surface area contributed by atoms with E-state index in [2.05, 4.69) is 20.8 Å². The van der Waals surface area contributed by atoms with Crippen LogP contribution in [0, 0.1) is 11.7 Å². The van der Waals surface area contributed by atoms with Crippen LogP contribution >= 0.6 is 0 Å². The number of likely N-dealkylation sites (tertiary alicyclic amines) is 1. The molecule has 0 unspecified atom stereocenters. The maximum absolute atomic E-state index is 13.6. The molecule has 1 fully saturated rings. The molecule has 3 rings (SSSR count). The number of carbonyl (C=O) groups is 2. The summed E-state index contributed by atoms with van der Waals surface area (Å²) in [5.41, 5.74) is 2.26. The van der Waals surface area contributed by atoms with Gasteiger partial charge in [0.1, 0.15) is 5.82 Å². The molecule has 1 amide bonds. The quantitative estimate of drug-likeness (QED) is 0.887. The number of rotatable bonds is 3. The smallest absolute Gasteiger partial charge is 0.308 e. The van der Waals surface area contributed by atoms with Crippen molar-refractivity contribution in [3.63, 3.8) is 0 Å². The van der Waals surface area contributed by atoms with Crippen molar-refractivity contribution in [3.05, 3.63) is 71.0 Å². The number of amides is 1. The Morgan fingerprint density at radius 2 is 1.74 bits per heavy atom. The van der Waals surface area contributed by atoms with Gasteiger partial charge in [-0.3, -0.25) is 9.59 Å². The van der Waals surface area contributed by atoms with Crippen LogP contribution in [0.5, 0.6) is 0 Å². The van der Waals surface area contributed by atoms with Crippen molar-refractivity contribution in [2.45, 2.75) is 32.1 Å². The monoisotopic (exact) mass is 369 g/mol. The zero-order valence-electron chi connectivity index (χ0n) is 15.8. The minimum absolute atomic E-state index is 0.00783. The van der Waals surface area contributed by atoms with Crippen LogP contribution < -0.4 is 0 Å². The fraction of sp³-hybridized carbons (Fsp3) is 0.364. The molecule has 0 spiro atoms. The van der Waals surface area contributed by atoms with Gasteiger partial charge in [0.25, 0.3) is 5.91 Å². The van der Waals surface area contributed by atoms with Crippen molar-refractivity contribution >= 4 is 11.9 Å². The molecule has 0 aliphatic carbocycles. The molecule has 27 heavy (non-hydrogen) atoms. The normalized spacial score (nSPS) is 19.9. The van der Waals surface area contributed by atoms with Crippen LogP contribution in [0.2, 0.25) is 0 Å². The van der Waals surface area contributed by atoms with Crippen molar-refractivity contribution in [2.75, 3.05) is 13.1 Å². The number of hydrogen-bond acceptors (Lipinski definition) is 2. The maximum Gasteiger partial charge on any atom is 0.308 e. The molecule has 1 saturated heterocycles. The van der Waals surface area contributed by atoms with Gasteiger partial charge in [-0.2, -0.15) is 0 Å². The number of benzene rings is 2. The average molecular weight is 369 g/mol. The van der Waals surface area contributed by atoms with Crippen LogP contribution in [0.1, 0.15) is 48.2 Å². The van der Waals surface area contributed by atoms with Gasteiger partial charge in [-0.05, 0) is 40.8 Å². The van der Waals surface area contributed by atoms with E-state index in [-0.39, 0.29) is 24.4 Å². The molecule has 2 aromatic carbocycles. The van der Waals surface area contributed by atoms with E-state index in [0.717, 1.165) is 5.56 Å². The van der Waals surface area contributed by atoms with Crippen LogP contribution in [0.25, 0.3) is 0 Å². The third kappa shape index (κ3) is 4.02. The highest BCUT2D eigenvalue weighted by Gasteiger charge is 2.40. The lowest BCUT2D eigenvalue weighted by molar-refractivity contribution is -0.141. The molecule has 1 aliphatic heterocycles. The summed E-state index contributed by atoms with van der Waals surface area (Å²) in [7, 11) is 0. The van der Waals surface area contributed by atoms with Gasteiger partial charge >= 0.3 is 5.97 Å². The highest BCUT2D eigenvalue weighted by molar-refractivity contribution is 5.95. The van der Waals surface area contributed by atoms with Crippen molar-refractivity contribution < 1.29 is 19.1 Å². The molecule has 2 aromatic rings. The van der Waals surface area contributed by atoms with E-state index < -0.39 is 23.6 Å². The molecule has 4 nitrogen and oxygen atoms in total. The predicted octanol–water partition coefficient (Wildman–Crippen LogP) is 4.06. The summed E-state index contributed by atoms with van der Waals surface area (Å²) in [6.07, 6.45) is 0. The fourth-order valence-electron chi connectivity index (χ4n) is 3.59. The molecule has 5 heteroatoms. The first-order valence-electron chi connectivity index (χ1n) is 9.05. The van der Waals surface area contributed by atoms with Crippen molar-refractivity contribution in [3.8, 4) is 0 Å². The highest BCUT2D eigenvalue weighted by Crippen LogP contribution is 2.34. The number of halogens is 1. The second kappa shape index (κ2) is 7.14. The number of carboxylic acid groups (broad SMARTS) is 1. The van der Waals surface area contributed by atoms with Crippen molar-refractivity contribution in [2.24, 2.45) is 5.92 Å². The van der Waals surface area contributed by atoms with Crippen LogP contribution in [-0.4, -0.2) is 35.0 Å². The summed E-state index contributed by atoms with van der Waals surface area (Å²) in [6.45, 7) is 6.69. The van der Waals surface area contributed by atoms with Crippen LogP contribution in [0.3, 0.4) is 0 Å². The maximum atomic E-state index is 13.6. The minimum Gasteiger partial charge on any atom is -0.481 e. The Bertz CT molecular complexity index is 855. The topological polar surface area (TPSA) is 57.6 Å². The van der Waals surface area contributed by atoms with E-state index in [1.807, 2.05) is 12.1 Å². The Balaban J connectivity index is 1.83. The Morgan fingerprint density at radius 1 is 1.07 bits per heavy atom. The first-order valence-corrected chi connectivity index (χ1v) is 9.05. The van der Waals surface area contributed by atoms with Gasteiger partial charge in [-0.25, -0.2) is 4.39 Å². The number of carbonyl (C=O) groups excluding carboxylic acids is 1. The SMILES string of the molecule is CC(C)(C)c1ccc(C(=O)N2C[C@@H](C(=O)O)[C@H](c3cccc(F)c3)C2)cc1. The molecule has 2 atom stereocenters. The van der Waals surface area contributed by atoms with E-state index >= 15 is 0 Å². The van der Waals surface area contributed by atoms with E-state index in [0.29, 0.717) is 11.1 Å². The van der Waals surface area contributed by atoms with E-state index in [1.54, 1.807) is 29.2 Å². The van der Waals surface area contributed by atoms with E-state index in [1.165, 1.54) is 12.1 Å². The zero-order valence-corrected chi connectivity index (χ0v) is 15.8. The number of nitrogens with zero attached hydrogens (tertiary/aromatic N) is 1. The Morgan fingerprint density at radius 3 is 2.30 bits per heavy atom. The van der Waals surface area contributed by atoms with Crippen molar-refractivity contribution in [1.29, 1.82) is 0 Å². The largest absolute Gasteiger partial charge is 0.481 e. The Labute approximate surface area is 158 Å². The summed E-state index contributed by atoms with van der Waals surface area (Å²) in [4.78, 5) is 26.1. The molecular weight excluding hydrogens is 345 g/mol. The summed E-state index contributed by atoms with van der Waals surface area (Å²) < 4.78 is 13.6. The molecule has 142 valence electrons. The third-order valence-electron chi connectivity index (χ3n) is 5.20. The summed E-state index contributed by atoms with van der Waals surface area (Å²) in [5.74, 6) is -2.73. The molecule has 0 radical (unpaired) electrons.